The fraction of sp³-hybridized carbons (Fsp3) is 0.533. The third-order valence-corrected chi connectivity index (χ3v) is 7.21. The predicted molar refractivity (Wildman–Crippen MR) is 141 cm³/mol. The highest BCUT2D eigenvalue weighted by Gasteiger charge is 2.31. The number of carbonyl (C=O) groups excluding carboxylic acids is 2. The van der Waals surface area contributed by atoms with Gasteiger partial charge in [-0.15, -0.1) is 0 Å². The van der Waals surface area contributed by atoms with Crippen molar-refractivity contribution in [2.24, 2.45) is 5.92 Å². The second kappa shape index (κ2) is 13.4. The Bertz CT molecular complexity index is 976. The van der Waals surface area contributed by atoms with Crippen LogP contribution in [0.1, 0.15) is 60.9 Å². The lowest BCUT2D eigenvalue weighted by molar-refractivity contribution is -0.134. The molecule has 6 nitrogen and oxygen atoms in total. The van der Waals surface area contributed by atoms with Crippen molar-refractivity contribution >= 4 is 11.8 Å². The lowest BCUT2D eigenvalue weighted by atomic mass is 10.0. The van der Waals surface area contributed by atoms with Gasteiger partial charge in [0.1, 0.15) is 12.4 Å². The van der Waals surface area contributed by atoms with E-state index in [1.54, 1.807) is 7.11 Å². The van der Waals surface area contributed by atoms with E-state index in [2.05, 4.69) is 17.0 Å². The molecule has 0 spiro atoms. The van der Waals surface area contributed by atoms with Gasteiger partial charge in [-0.05, 0) is 55.7 Å². The van der Waals surface area contributed by atoms with Crippen LogP contribution in [0.2, 0.25) is 0 Å². The number of carbonyl (C=O) groups is 2. The molecule has 1 aliphatic carbocycles. The van der Waals surface area contributed by atoms with Gasteiger partial charge in [-0.1, -0.05) is 55.3 Å². The quantitative estimate of drug-likeness (QED) is 0.548. The molecule has 1 aliphatic heterocycles. The Kier molecular flexibility index (Phi) is 9.79. The molecule has 0 aromatic heterocycles. The van der Waals surface area contributed by atoms with Crippen molar-refractivity contribution in [2.75, 3.05) is 40.0 Å². The Morgan fingerprint density at radius 1 is 0.972 bits per heavy atom. The van der Waals surface area contributed by atoms with Gasteiger partial charge in [0, 0.05) is 33.2 Å². The van der Waals surface area contributed by atoms with E-state index >= 15 is 0 Å². The molecule has 0 N–H and O–H groups in total. The Balaban J connectivity index is 1.60. The monoisotopic (exact) mass is 492 g/mol. The second-order valence-electron chi connectivity index (χ2n) is 10.1. The van der Waals surface area contributed by atoms with E-state index in [0.717, 1.165) is 51.5 Å². The van der Waals surface area contributed by atoms with E-state index in [-0.39, 0.29) is 17.9 Å². The molecular weight excluding hydrogens is 452 g/mol. The number of ether oxygens (including phenoxy) is 2. The maximum atomic E-state index is 13.5. The van der Waals surface area contributed by atoms with Gasteiger partial charge in [-0.3, -0.25) is 9.59 Å². The zero-order valence-electron chi connectivity index (χ0n) is 21.6. The lowest BCUT2D eigenvalue weighted by Gasteiger charge is -2.33. The van der Waals surface area contributed by atoms with Gasteiger partial charge in [0.15, 0.2) is 0 Å². The average Bonchev–Trinajstić information content (AvgIpc) is 3.72. The standard InChI is InChI=1S/C30H40N2O4/c1-35-20-19-31-17-9-2-3-10-18-32(29(33)22-25-15-16-25)26(21-24-11-5-4-6-12-24)23-36-28-14-8-7-13-27(28)30(31)34/h4-8,11-14,25-26H,2-3,9-10,15-23H2,1H3/t26-/m0/s1. The molecule has 0 radical (unpaired) electrons. The van der Waals surface area contributed by atoms with Crippen LogP contribution in [-0.2, 0) is 16.0 Å². The summed E-state index contributed by atoms with van der Waals surface area (Å²) in [6.45, 7) is 2.86. The van der Waals surface area contributed by atoms with E-state index in [0.29, 0.717) is 50.0 Å². The van der Waals surface area contributed by atoms with Gasteiger partial charge in [-0.2, -0.15) is 0 Å². The third kappa shape index (κ3) is 7.57. The van der Waals surface area contributed by atoms with Crippen LogP contribution in [0.25, 0.3) is 0 Å². The predicted octanol–water partition coefficient (Wildman–Crippen LogP) is 4.97. The molecular formula is C30H40N2O4. The van der Waals surface area contributed by atoms with Crippen LogP contribution in [0.4, 0.5) is 0 Å². The van der Waals surface area contributed by atoms with Crippen LogP contribution < -0.4 is 4.74 Å². The van der Waals surface area contributed by atoms with Crippen LogP contribution in [0.5, 0.6) is 5.75 Å². The Morgan fingerprint density at radius 3 is 2.44 bits per heavy atom. The largest absolute Gasteiger partial charge is 0.491 e. The zero-order chi connectivity index (χ0) is 25.2. The van der Waals surface area contributed by atoms with Crippen LogP contribution in [0.15, 0.2) is 54.6 Å². The molecule has 194 valence electrons. The highest BCUT2D eigenvalue weighted by atomic mass is 16.5. The summed E-state index contributed by atoms with van der Waals surface area (Å²) in [5.41, 5.74) is 1.76. The number of benzene rings is 2. The van der Waals surface area contributed by atoms with Crippen molar-refractivity contribution in [3.05, 3.63) is 65.7 Å². The number of methoxy groups -OCH3 is 1. The number of hydrogen-bond donors (Lipinski definition) is 0. The normalized spacial score (nSPS) is 19.8. The van der Waals surface area contributed by atoms with Gasteiger partial charge >= 0.3 is 0 Å². The van der Waals surface area contributed by atoms with Crippen molar-refractivity contribution < 1.29 is 19.1 Å². The maximum Gasteiger partial charge on any atom is 0.257 e. The summed E-state index contributed by atoms with van der Waals surface area (Å²) < 4.78 is 11.6. The molecule has 2 aromatic rings. The minimum absolute atomic E-state index is 0.0269. The minimum Gasteiger partial charge on any atom is -0.491 e. The molecule has 0 unspecified atom stereocenters. The fourth-order valence-electron chi connectivity index (χ4n) is 4.92. The van der Waals surface area contributed by atoms with Crippen LogP contribution >= 0.6 is 0 Å². The third-order valence-electron chi connectivity index (χ3n) is 7.21. The van der Waals surface area contributed by atoms with Crippen LogP contribution in [0.3, 0.4) is 0 Å². The molecule has 0 saturated heterocycles. The van der Waals surface area contributed by atoms with Gasteiger partial charge in [-0.25, -0.2) is 0 Å². The molecule has 1 atom stereocenters. The maximum absolute atomic E-state index is 13.5. The van der Waals surface area contributed by atoms with Gasteiger partial charge in [0.25, 0.3) is 5.91 Å². The summed E-state index contributed by atoms with van der Waals surface area (Å²) in [7, 11) is 1.66. The first kappa shape index (κ1) is 26.2. The summed E-state index contributed by atoms with van der Waals surface area (Å²) >= 11 is 0. The van der Waals surface area contributed by atoms with Crippen molar-refractivity contribution in [1.82, 2.24) is 9.80 Å². The van der Waals surface area contributed by atoms with Gasteiger partial charge in [0.2, 0.25) is 5.91 Å². The molecule has 2 aliphatic rings. The van der Waals surface area contributed by atoms with E-state index in [1.165, 1.54) is 5.56 Å². The molecule has 1 saturated carbocycles. The minimum atomic E-state index is -0.0886. The molecule has 2 amide bonds. The van der Waals surface area contributed by atoms with Crippen molar-refractivity contribution in [1.29, 1.82) is 0 Å². The molecule has 36 heavy (non-hydrogen) atoms. The van der Waals surface area contributed by atoms with Gasteiger partial charge < -0.3 is 19.3 Å². The van der Waals surface area contributed by atoms with Crippen molar-refractivity contribution in [2.45, 2.75) is 57.4 Å². The second-order valence-corrected chi connectivity index (χ2v) is 10.1. The van der Waals surface area contributed by atoms with Crippen LogP contribution in [-0.4, -0.2) is 67.6 Å². The number of rotatable bonds is 7. The number of para-hydroxylation sites is 1. The lowest BCUT2D eigenvalue weighted by Crippen LogP contribution is -2.46. The molecule has 1 heterocycles. The average molecular weight is 493 g/mol. The number of fused-ring (bicyclic) bond motifs is 1. The summed E-state index contributed by atoms with van der Waals surface area (Å²) in [4.78, 5) is 30.9. The summed E-state index contributed by atoms with van der Waals surface area (Å²) in [6, 6.07) is 17.7. The Labute approximate surface area is 215 Å². The van der Waals surface area contributed by atoms with E-state index in [1.807, 2.05) is 47.4 Å². The SMILES string of the molecule is COCCN1CCCCCCN(C(=O)CC2CC2)[C@@H](Cc2ccccc2)COc2ccccc2C1=O. The van der Waals surface area contributed by atoms with Crippen LogP contribution in [0, 0.1) is 5.92 Å². The topological polar surface area (TPSA) is 59.1 Å². The smallest absolute Gasteiger partial charge is 0.257 e. The van der Waals surface area contributed by atoms with E-state index < -0.39 is 0 Å². The first-order valence-corrected chi connectivity index (χ1v) is 13.5. The van der Waals surface area contributed by atoms with Gasteiger partial charge in [0.05, 0.1) is 18.2 Å². The highest BCUT2D eigenvalue weighted by Crippen LogP contribution is 2.33. The summed E-state index contributed by atoms with van der Waals surface area (Å²) in [5.74, 6) is 1.33. The number of hydrogen-bond acceptors (Lipinski definition) is 4. The molecule has 2 aromatic carbocycles. The fourth-order valence-corrected chi connectivity index (χ4v) is 4.92. The Hall–Kier alpha value is -2.86. The van der Waals surface area contributed by atoms with E-state index in [9.17, 15) is 9.59 Å². The Morgan fingerprint density at radius 2 is 1.69 bits per heavy atom. The van der Waals surface area contributed by atoms with Crippen molar-refractivity contribution in [3.63, 3.8) is 0 Å². The first-order valence-electron chi connectivity index (χ1n) is 13.5. The zero-order valence-corrected chi connectivity index (χ0v) is 21.6. The summed E-state index contributed by atoms with van der Waals surface area (Å²) in [5, 5.41) is 0. The highest BCUT2D eigenvalue weighted by molar-refractivity contribution is 5.97. The molecule has 6 heteroatoms. The van der Waals surface area contributed by atoms with E-state index in [4.69, 9.17) is 9.47 Å². The van der Waals surface area contributed by atoms with Crippen molar-refractivity contribution in [3.8, 4) is 5.75 Å². The number of nitrogens with zero attached hydrogens (tertiary/aromatic N) is 2. The molecule has 4 rings (SSSR count). The molecule has 1 fully saturated rings. The number of amides is 2. The first-order chi connectivity index (χ1) is 17.7. The summed E-state index contributed by atoms with van der Waals surface area (Å²) in [6.07, 6.45) is 7.65. The molecule has 0 bridgehead atoms.